The van der Waals surface area contributed by atoms with E-state index < -0.39 is 0 Å². The summed E-state index contributed by atoms with van der Waals surface area (Å²) in [5, 5.41) is 6.81. The maximum Gasteiger partial charge on any atom is 0.291 e. The molecule has 2 heterocycles. The molecule has 0 aliphatic rings. The first-order valence-electron chi connectivity index (χ1n) is 9.47. The van der Waals surface area contributed by atoms with Crippen LogP contribution in [-0.4, -0.2) is 16.4 Å². The molecule has 0 atom stereocenters. The summed E-state index contributed by atoms with van der Waals surface area (Å²) in [6, 6.07) is 18.6. The second-order valence-corrected chi connectivity index (χ2v) is 7.70. The molecule has 2 N–H and O–H groups in total. The Kier molecular flexibility index (Phi) is 5.72. The first-order chi connectivity index (χ1) is 14.5. The van der Waals surface area contributed by atoms with E-state index in [4.69, 9.17) is 4.42 Å². The Balaban J connectivity index is 1.35. The molecule has 0 saturated heterocycles. The smallest absolute Gasteiger partial charge is 0.291 e. The molecule has 0 unspecified atom stereocenters. The molecule has 6 nitrogen and oxygen atoms in total. The fourth-order valence-corrected chi connectivity index (χ4v) is 3.85. The van der Waals surface area contributed by atoms with Crippen LogP contribution in [0.5, 0.6) is 0 Å². The van der Waals surface area contributed by atoms with E-state index in [1.54, 1.807) is 24.3 Å². The molecule has 0 spiro atoms. The molecular weight excluding hydrogens is 446 g/mol. The molecule has 2 aromatic heterocycles. The third-order valence-electron chi connectivity index (χ3n) is 4.90. The number of carbonyl (C=O) groups is 2. The number of nitrogens with one attached hydrogen (secondary N) is 2. The van der Waals surface area contributed by atoms with Crippen LogP contribution in [0.3, 0.4) is 0 Å². The van der Waals surface area contributed by atoms with Gasteiger partial charge in [-0.25, -0.2) is 0 Å². The number of nitrogens with zero attached hydrogens (tertiary/aromatic N) is 1. The highest BCUT2D eigenvalue weighted by Gasteiger charge is 2.14. The topological polar surface area (TPSA) is 76.3 Å². The molecule has 4 rings (SSSR count). The summed E-state index contributed by atoms with van der Waals surface area (Å²) in [4.78, 5) is 24.5. The second-order valence-electron chi connectivity index (χ2n) is 6.91. The van der Waals surface area contributed by atoms with Crippen LogP contribution >= 0.6 is 15.9 Å². The Morgan fingerprint density at radius 3 is 2.53 bits per heavy atom. The minimum absolute atomic E-state index is 0.0680. The maximum absolute atomic E-state index is 12.5. The molecule has 0 aliphatic heterocycles. The Morgan fingerprint density at radius 2 is 1.80 bits per heavy atom. The highest BCUT2D eigenvalue weighted by atomic mass is 79.9. The molecule has 0 bridgehead atoms. The van der Waals surface area contributed by atoms with E-state index in [2.05, 4.69) is 26.6 Å². The predicted molar refractivity (Wildman–Crippen MR) is 119 cm³/mol. The molecule has 7 heteroatoms. The Hall–Kier alpha value is -3.32. The zero-order chi connectivity index (χ0) is 21.1. The van der Waals surface area contributed by atoms with Crippen molar-refractivity contribution in [1.82, 2.24) is 9.88 Å². The molecule has 0 radical (unpaired) electrons. The third kappa shape index (κ3) is 4.16. The average molecular weight is 466 g/mol. The largest absolute Gasteiger partial charge is 0.459 e. The van der Waals surface area contributed by atoms with Gasteiger partial charge in [0.2, 0.25) is 5.91 Å². The molecule has 0 saturated carbocycles. The normalized spacial score (nSPS) is 10.9. The van der Waals surface area contributed by atoms with Gasteiger partial charge >= 0.3 is 0 Å². The zero-order valence-electron chi connectivity index (χ0n) is 16.3. The van der Waals surface area contributed by atoms with Gasteiger partial charge in [0, 0.05) is 33.3 Å². The number of carbonyl (C=O) groups excluding carboxylic acids is 2. The first kappa shape index (κ1) is 20.0. The van der Waals surface area contributed by atoms with Gasteiger partial charge in [0.1, 0.15) is 6.54 Å². The van der Waals surface area contributed by atoms with E-state index in [-0.39, 0.29) is 24.1 Å². The van der Waals surface area contributed by atoms with E-state index in [1.165, 1.54) is 6.26 Å². The van der Waals surface area contributed by atoms with Crippen LogP contribution in [0.2, 0.25) is 0 Å². The Bertz CT molecular complexity index is 1190. The van der Waals surface area contributed by atoms with E-state index in [0.717, 1.165) is 26.6 Å². The number of hydrogen-bond donors (Lipinski definition) is 2. The SMILES string of the molecule is Cc1c(Br)c2ccccc2n1CC(=O)NCc1ccc(NC(=O)c2ccco2)cc1. The van der Waals surface area contributed by atoms with Crippen molar-refractivity contribution in [1.29, 1.82) is 0 Å². The Morgan fingerprint density at radius 1 is 1.03 bits per heavy atom. The lowest BCUT2D eigenvalue weighted by Gasteiger charge is -2.10. The lowest BCUT2D eigenvalue weighted by molar-refractivity contribution is -0.121. The molecular formula is C23H20BrN3O3. The minimum Gasteiger partial charge on any atom is -0.459 e. The lowest BCUT2D eigenvalue weighted by Crippen LogP contribution is -2.27. The summed E-state index contributed by atoms with van der Waals surface area (Å²) < 4.78 is 8.09. The van der Waals surface area contributed by atoms with E-state index in [0.29, 0.717) is 12.2 Å². The molecule has 0 aliphatic carbocycles. The van der Waals surface area contributed by atoms with Gasteiger partial charge in [-0.1, -0.05) is 30.3 Å². The van der Waals surface area contributed by atoms with Gasteiger partial charge in [0.15, 0.2) is 5.76 Å². The van der Waals surface area contributed by atoms with Gasteiger partial charge in [-0.05, 0) is 58.7 Å². The van der Waals surface area contributed by atoms with E-state index in [1.807, 2.05) is 47.9 Å². The van der Waals surface area contributed by atoms with Crippen molar-refractivity contribution < 1.29 is 14.0 Å². The number of aromatic nitrogens is 1. The fourth-order valence-electron chi connectivity index (χ4n) is 3.30. The zero-order valence-corrected chi connectivity index (χ0v) is 17.9. The number of furan rings is 1. The summed E-state index contributed by atoms with van der Waals surface area (Å²) in [5.41, 5.74) is 3.64. The summed E-state index contributed by atoms with van der Waals surface area (Å²) in [5.74, 6) is -0.117. The standard InChI is InChI=1S/C23H20BrN3O3/c1-15-22(24)18-5-2-3-6-19(18)27(15)14-21(28)25-13-16-8-10-17(11-9-16)26-23(29)20-7-4-12-30-20/h2-12H,13-14H2,1H3,(H,25,28)(H,26,29). The molecule has 4 aromatic rings. The lowest BCUT2D eigenvalue weighted by atomic mass is 10.2. The van der Waals surface area contributed by atoms with Crippen molar-refractivity contribution in [3.05, 3.63) is 88.4 Å². The van der Waals surface area contributed by atoms with Crippen molar-refractivity contribution in [2.45, 2.75) is 20.0 Å². The summed E-state index contributed by atoms with van der Waals surface area (Å²) in [6.45, 7) is 2.65. The van der Waals surface area contributed by atoms with Crippen LogP contribution in [0, 0.1) is 6.92 Å². The van der Waals surface area contributed by atoms with E-state index in [9.17, 15) is 9.59 Å². The van der Waals surface area contributed by atoms with Crippen molar-refractivity contribution in [3.8, 4) is 0 Å². The van der Waals surface area contributed by atoms with Crippen LogP contribution in [-0.2, 0) is 17.9 Å². The number of anilines is 1. The third-order valence-corrected chi connectivity index (χ3v) is 5.90. The van der Waals surface area contributed by atoms with Gasteiger partial charge in [-0.2, -0.15) is 0 Å². The number of rotatable bonds is 6. The number of fused-ring (bicyclic) bond motifs is 1. The second kappa shape index (κ2) is 8.59. The quantitative estimate of drug-likeness (QED) is 0.426. The number of halogens is 1. The first-order valence-corrected chi connectivity index (χ1v) is 10.3. The van der Waals surface area contributed by atoms with Crippen LogP contribution < -0.4 is 10.6 Å². The predicted octanol–water partition coefficient (Wildman–Crippen LogP) is 4.87. The molecule has 30 heavy (non-hydrogen) atoms. The summed E-state index contributed by atoms with van der Waals surface area (Å²) in [7, 11) is 0. The number of hydrogen-bond acceptors (Lipinski definition) is 3. The highest BCUT2D eigenvalue weighted by Crippen LogP contribution is 2.30. The molecule has 2 amide bonds. The summed E-state index contributed by atoms with van der Waals surface area (Å²) >= 11 is 3.62. The van der Waals surface area contributed by atoms with Gasteiger partial charge < -0.3 is 19.6 Å². The minimum atomic E-state index is -0.304. The molecule has 152 valence electrons. The number of benzene rings is 2. The van der Waals surface area contributed by atoms with Crippen molar-refractivity contribution in [2.24, 2.45) is 0 Å². The van der Waals surface area contributed by atoms with Crippen molar-refractivity contribution in [2.75, 3.05) is 5.32 Å². The fraction of sp³-hybridized carbons (Fsp3) is 0.130. The Labute approximate surface area is 182 Å². The number of amides is 2. The average Bonchev–Trinajstić information content (AvgIpc) is 3.38. The van der Waals surface area contributed by atoms with Gasteiger partial charge in [0.05, 0.1) is 6.26 Å². The monoisotopic (exact) mass is 465 g/mol. The molecule has 0 fully saturated rings. The maximum atomic E-state index is 12.5. The molecule has 2 aromatic carbocycles. The van der Waals surface area contributed by atoms with Crippen LogP contribution in [0.25, 0.3) is 10.9 Å². The van der Waals surface area contributed by atoms with Crippen molar-refractivity contribution in [3.63, 3.8) is 0 Å². The van der Waals surface area contributed by atoms with Gasteiger partial charge in [-0.3, -0.25) is 9.59 Å². The van der Waals surface area contributed by atoms with Crippen LogP contribution in [0.15, 0.2) is 75.8 Å². The summed E-state index contributed by atoms with van der Waals surface area (Å²) in [6.07, 6.45) is 1.46. The van der Waals surface area contributed by atoms with Crippen molar-refractivity contribution >= 4 is 44.3 Å². The van der Waals surface area contributed by atoms with Crippen LogP contribution in [0.1, 0.15) is 21.8 Å². The van der Waals surface area contributed by atoms with Gasteiger partial charge in [0.25, 0.3) is 5.91 Å². The highest BCUT2D eigenvalue weighted by molar-refractivity contribution is 9.10. The van der Waals surface area contributed by atoms with Crippen LogP contribution in [0.4, 0.5) is 5.69 Å². The van der Waals surface area contributed by atoms with Gasteiger partial charge in [-0.15, -0.1) is 0 Å². The van der Waals surface area contributed by atoms with E-state index >= 15 is 0 Å². The number of para-hydroxylation sites is 1.